The van der Waals surface area contributed by atoms with E-state index in [0.717, 1.165) is 27.0 Å². The van der Waals surface area contributed by atoms with Crippen LogP contribution in [0.5, 0.6) is 0 Å². The van der Waals surface area contributed by atoms with E-state index in [-0.39, 0.29) is 69.4 Å². The van der Waals surface area contributed by atoms with Crippen LogP contribution in [-0.2, 0) is 147 Å². The van der Waals surface area contributed by atoms with Crippen molar-refractivity contribution < 1.29 is 112 Å². The van der Waals surface area contributed by atoms with E-state index in [1.54, 1.807) is 0 Å². The van der Waals surface area contributed by atoms with Gasteiger partial charge in [-0.3, -0.25) is 56.7 Å². The normalized spacial score (nSPS) is 35.0. The van der Waals surface area contributed by atoms with Gasteiger partial charge in [0.1, 0.15) is 123 Å². The van der Waals surface area contributed by atoms with E-state index < -0.39 is 228 Å². The summed E-state index contributed by atoms with van der Waals surface area (Å²) in [7, 11) is 1.07. The molecule has 8 aliphatic heterocycles. The zero-order valence-electron chi connectivity index (χ0n) is 60.0. The van der Waals surface area contributed by atoms with Crippen LogP contribution in [0.25, 0.3) is 22.3 Å². The molecule has 8 saturated heterocycles. The number of nitrogens with zero attached hydrogens (tertiary/aromatic N) is 11. The Balaban J connectivity index is 0.690. The van der Waals surface area contributed by atoms with Gasteiger partial charge in [-0.15, -0.1) is 0 Å². The van der Waals surface area contributed by atoms with Gasteiger partial charge < -0.3 is 137 Å². The number of nitrogens with two attached hydrogens (primary N) is 3. The maximum absolute atomic E-state index is 15.3. The van der Waals surface area contributed by atoms with Crippen molar-refractivity contribution in [3.05, 3.63) is 117 Å². The molecule has 0 aliphatic carbocycles. The number of nitrogens with one attached hydrogen (secondary N) is 3. The lowest BCUT2D eigenvalue weighted by Crippen LogP contribution is -2.52. The van der Waals surface area contributed by atoms with Crippen molar-refractivity contribution in [2.24, 2.45) is 0 Å². The molecule has 8 fully saturated rings. The maximum atomic E-state index is 15.3. The van der Waals surface area contributed by atoms with Crippen LogP contribution in [0.4, 0.5) is 17.6 Å². The van der Waals surface area contributed by atoms with Crippen molar-refractivity contribution in [2.45, 2.75) is 182 Å². The molecule has 15 rings (SSSR count). The fourth-order valence-electron chi connectivity index (χ4n) is 15.0. The molecular weight excluding hydrogens is 1720 g/mol. The number of rotatable bonds is 29. The van der Waals surface area contributed by atoms with Gasteiger partial charge in [-0.25, -0.2) is 34.3 Å². The first-order chi connectivity index (χ1) is 53.6. The van der Waals surface area contributed by atoms with Gasteiger partial charge >= 0.3 is 17.1 Å². The summed E-state index contributed by atoms with van der Waals surface area (Å²) in [4.78, 5) is 168. The Kier molecular flexibility index (Phi) is 22.7. The summed E-state index contributed by atoms with van der Waals surface area (Å²) in [6.45, 7) is -19.9. The molecule has 114 heavy (non-hydrogen) atoms. The maximum Gasteiger partial charge on any atom is 0.351 e. The number of ether oxygens (including phenoxy) is 8. The number of anilines is 3. The first kappa shape index (κ1) is 83.8. The van der Waals surface area contributed by atoms with Crippen LogP contribution in [0.2, 0.25) is 0 Å². The van der Waals surface area contributed by atoms with Crippen LogP contribution >= 0.6 is 33.7 Å². The van der Waals surface area contributed by atoms with Crippen LogP contribution < -0.4 is 70.5 Å². The van der Waals surface area contributed by atoms with Crippen LogP contribution in [0.3, 0.4) is 0 Å². The van der Waals surface area contributed by atoms with Crippen LogP contribution in [0.1, 0.15) is 81.4 Å². The third-order valence-electron chi connectivity index (χ3n) is 20.9. The molecule has 0 saturated carbocycles. The zero-order chi connectivity index (χ0) is 81.8. The number of aryl methyl sites for hydroxylation is 3. The number of aliphatic hydroxyl groups is 1. The minimum Gasteiger partial charge on any atom is -0.780 e. The number of hydrogen-bond donors (Lipinski definition) is 7. The SMILES string of the molecule is COP([O-])(=S)OC1C[C@H](n2cnc3c(N)ncnc32)O[C@@H]1COP([O-])(=S)OC1C[C@H](n2cnc3c(=O)[nH]c(N)nc32)O[C@@H]1COP([O-])(=S)OC1[C@@H]2O[C@@H](C)[C@]1(COP(=O)([S-])OC1[C@@H]3O[C@@H](C)[C@]1(COP([O-])(=S)OC1[C@@H]4O[C@@H](C)[C@]1(CO)O[C@H]4n1cc(C)c(=O)[nH]c1=O)O[C@H]3n1cc(C)c(N)nc1=O)O[C@H]2n1cc(C)c(=O)[nH]c1=O. The molecule has 0 radical (unpaired) electrons. The number of hydrogen-bond acceptors (Lipinski definition) is 44. The fraction of sp³-hybridized carbons (Fsp3) is 0.614. The third kappa shape index (κ3) is 15.4. The molecule has 7 aromatic heterocycles. The van der Waals surface area contributed by atoms with E-state index >= 15 is 9.46 Å². The highest BCUT2D eigenvalue weighted by Gasteiger charge is 2.71. The average molecular weight is 1790 g/mol. The highest BCUT2D eigenvalue weighted by atomic mass is 32.7. The van der Waals surface area contributed by atoms with Crippen molar-refractivity contribution >= 4 is 133 Å². The summed E-state index contributed by atoms with van der Waals surface area (Å²) < 4.78 is 131. The fourth-order valence-corrected chi connectivity index (χ4v) is 21.8. The molecule has 10 unspecified atom stereocenters. The van der Waals surface area contributed by atoms with Crippen molar-refractivity contribution in [1.82, 2.24) is 67.7 Å². The van der Waals surface area contributed by atoms with Gasteiger partial charge in [0, 0.05) is 55.2 Å². The van der Waals surface area contributed by atoms with Gasteiger partial charge in [0.05, 0.1) is 76.2 Å². The molecule has 0 amide bonds. The largest absolute Gasteiger partial charge is 0.780 e. The van der Waals surface area contributed by atoms with Crippen LogP contribution in [0.15, 0.2) is 66.3 Å². The monoisotopic (exact) mass is 1790 g/mol. The zero-order valence-corrected chi connectivity index (χ0v) is 68.6. The predicted octanol–water partition coefficient (Wildman–Crippen LogP) is -3.65. The van der Waals surface area contributed by atoms with Crippen molar-refractivity contribution in [1.29, 1.82) is 0 Å². The Labute approximate surface area is 665 Å². The van der Waals surface area contributed by atoms with Crippen LogP contribution in [-0.4, -0.2) is 209 Å². The van der Waals surface area contributed by atoms with Crippen LogP contribution in [0, 0.1) is 20.8 Å². The summed E-state index contributed by atoms with van der Waals surface area (Å²) in [6, 6.07) is 0. The van der Waals surface area contributed by atoms with Crippen molar-refractivity contribution in [3.63, 3.8) is 0 Å². The highest BCUT2D eigenvalue weighted by molar-refractivity contribution is 8.32. The molecule has 57 heteroatoms. The second-order valence-corrected chi connectivity index (χ2v) is 41.4. The number of aromatic amines is 3. The minimum atomic E-state index is -5.19. The van der Waals surface area contributed by atoms with E-state index in [2.05, 4.69) is 44.9 Å². The molecule has 26 atom stereocenters. The smallest absolute Gasteiger partial charge is 0.351 e. The van der Waals surface area contributed by atoms with Gasteiger partial charge in [0.25, 0.3) is 16.7 Å². The van der Waals surface area contributed by atoms with E-state index in [0.29, 0.717) is 0 Å². The quantitative estimate of drug-likeness (QED) is 0.0176. The van der Waals surface area contributed by atoms with E-state index in [1.165, 1.54) is 82.1 Å². The number of aromatic nitrogens is 14. The third-order valence-corrected chi connectivity index (χ3v) is 28.7. The second kappa shape index (κ2) is 30.8. The molecular formula is C57H69N17O30P5S5-5. The molecule has 6 bridgehead atoms. The minimum absolute atomic E-state index is 0.00631. The lowest BCUT2D eigenvalue weighted by atomic mass is 9.94. The van der Waals surface area contributed by atoms with E-state index in [9.17, 15) is 48.6 Å². The predicted molar refractivity (Wildman–Crippen MR) is 395 cm³/mol. The Morgan fingerprint density at radius 3 is 1.55 bits per heavy atom. The Bertz CT molecular complexity index is 5630. The standard InChI is InChI=1S/C57H74N17O30P5S5/c1-21-10-70(52(79)65-41(21)58)49-37-40(57(98-49,26(6)94-37)17-90-108(85,113)102-38-35-48(97-55(38,15-75)24(4)92-35)71-11-22(2)45(76)68-53(71)80)104-109(86,114)91-16-56-25(5)93-36(50(99-56)72-12-23(3)46(77)69-54(72)81)39(56)103-107(84,112)89-14-30-28(9-32(96-30)74-20-64-34-44(74)66-51(60)67-47(34)78)101-106(83,111)88-13-29-27(100-105(82,110)87-7)8-31(95-29)73-19-63-33-42(59)61-18-62-43(33)73/h10-12,18-20,24-32,35-40,48-50,75H,8-9,13-17H2,1-7H3,(H,82,110)(H,83,111)(H,84,112)(H,85,113)(H,86,114)(H2,58,65,79)(H2,59,61,62)(H,68,76,80)(H,69,77,81)(H3,60,66,67,78)/p-5/t24-,25-,26-,27?,28?,29+,30+,31+,32+,35-,36-,37-,38?,39?,40?,48+,49+,50+,55-,56-,57-,105?,106?,107?,108?,109?/m0/s1. The molecule has 7 aromatic rings. The topological polar surface area (TPSA) is 626 Å². The molecule has 622 valence electrons. The molecule has 47 nitrogen and oxygen atoms in total. The Hall–Kier alpha value is -5.20. The Morgan fingerprint density at radius 1 is 0.553 bits per heavy atom. The van der Waals surface area contributed by atoms with Crippen molar-refractivity contribution in [3.8, 4) is 0 Å². The molecule has 15 heterocycles. The van der Waals surface area contributed by atoms with E-state index in [1.807, 2.05) is 0 Å². The summed E-state index contributed by atoms with van der Waals surface area (Å²) in [5.41, 5.74) is 7.20. The van der Waals surface area contributed by atoms with E-state index in [4.69, 9.17) is 160 Å². The number of imidazole rings is 2. The van der Waals surface area contributed by atoms with Gasteiger partial charge in [-0.05, 0) is 41.5 Å². The first-order valence-electron chi connectivity index (χ1n) is 34.3. The Morgan fingerprint density at radius 2 is 1.01 bits per heavy atom. The summed E-state index contributed by atoms with van der Waals surface area (Å²) in [5.74, 6) is -0.407. The van der Waals surface area contributed by atoms with Gasteiger partial charge in [0.15, 0.2) is 48.1 Å². The highest BCUT2D eigenvalue weighted by Crippen LogP contribution is 2.63. The summed E-state index contributed by atoms with van der Waals surface area (Å²) in [5, 5.41) is 10.9. The molecule has 0 aromatic carbocycles. The molecule has 0 spiro atoms. The van der Waals surface area contributed by atoms with Gasteiger partial charge in [-0.2, -0.15) is 9.97 Å². The van der Waals surface area contributed by atoms with Gasteiger partial charge in [-0.1, -0.05) is 47.2 Å². The first-order valence-corrected chi connectivity index (χ1v) is 47.0. The number of fused-ring (bicyclic) bond motifs is 8. The summed E-state index contributed by atoms with van der Waals surface area (Å²) >= 11 is 27.3. The van der Waals surface area contributed by atoms with Gasteiger partial charge in [0.2, 0.25) is 5.95 Å². The lowest BCUT2D eigenvalue weighted by molar-refractivity contribution is -0.240. The average Bonchev–Trinajstić information content (AvgIpc) is 1.55. The molecule has 8 aliphatic rings. The number of nitrogen functional groups attached to an aromatic ring is 3. The number of aliphatic hydroxyl groups excluding tert-OH is 1. The number of H-pyrrole nitrogens is 3. The molecule has 10 N–H and O–H groups in total. The van der Waals surface area contributed by atoms with Crippen molar-refractivity contribution in [2.75, 3.05) is 57.3 Å². The summed E-state index contributed by atoms with van der Waals surface area (Å²) in [6.07, 6.45) is -18.3. The second-order valence-electron chi connectivity index (χ2n) is 27.7. The lowest BCUT2D eigenvalue weighted by Gasteiger charge is -2.42.